The first kappa shape index (κ1) is 9.73. The van der Waals surface area contributed by atoms with E-state index >= 15 is 0 Å². The maximum Gasteiger partial charge on any atom is 0.238 e. The van der Waals surface area contributed by atoms with Crippen molar-refractivity contribution in [2.45, 2.75) is 0 Å². The number of nitrogen functional groups attached to an aromatic ring is 1. The van der Waals surface area contributed by atoms with E-state index in [0.717, 1.165) is 0 Å². The first-order valence-corrected chi connectivity index (χ1v) is 4.64. The molecule has 2 aromatic rings. The second-order valence-corrected chi connectivity index (χ2v) is 3.26. The Labute approximate surface area is 91.7 Å². The fraction of sp³-hybridized carbons (Fsp3) is 0. The second-order valence-electron chi connectivity index (χ2n) is 2.85. The summed E-state index contributed by atoms with van der Waals surface area (Å²) in [5.74, 6) is 0.899. The van der Waals surface area contributed by atoms with Crippen molar-refractivity contribution in [1.82, 2.24) is 10.2 Å². The summed E-state index contributed by atoms with van der Waals surface area (Å²) >= 11 is 5.93. The summed E-state index contributed by atoms with van der Waals surface area (Å²) in [6.45, 7) is 0. The Morgan fingerprint density at radius 2 is 2.13 bits per heavy atom. The van der Waals surface area contributed by atoms with Crippen LogP contribution in [0.25, 0.3) is 0 Å². The lowest BCUT2D eigenvalue weighted by Gasteiger charge is -2.05. The average Bonchev–Trinajstić information content (AvgIpc) is 2.24. The zero-order chi connectivity index (χ0) is 10.7. The van der Waals surface area contributed by atoms with E-state index in [-0.39, 0.29) is 0 Å². The molecule has 0 saturated carbocycles. The minimum atomic E-state index is 0.393. The molecule has 0 unspecified atom stereocenters. The van der Waals surface area contributed by atoms with Gasteiger partial charge in [0, 0.05) is 18.0 Å². The molecular formula is C10H8ClN3O. The minimum Gasteiger partial charge on any atom is -0.436 e. The van der Waals surface area contributed by atoms with Crippen molar-refractivity contribution >= 4 is 17.3 Å². The standard InChI is InChI=1S/C10H8ClN3O/c11-8-6-7(12)3-4-9(8)15-10-2-1-5-13-14-10/h1-6H,12H2. The smallest absolute Gasteiger partial charge is 0.238 e. The number of benzene rings is 1. The van der Waals surface area contributed by atoms with E-state index in [1.807, 2.05) is 0 Å². The molecule has 0 atom stereocenters. The highest BCUT2D eigenvalue weighted by molar-refractivity contribution is 6.32. The number of nitrogens with zero attached hydrogens (tertiary/aromatic N) is 2. The van der Waals surface area contributed by atoms with Gasteiger partial charge in [-0.15, -0.1) is 5.10 Å². The van der Waals surface area contributed by atoms with Crippen molar-refractivity contribution in [3.05, 3.63) is 41.6 Å². The van der Waals surface area contributed by atoms with Crippen molar-refractivity contribution in [3.63, 3.8) is 0 Å². The van der Waals surface area contributed by atoms with Crippen LogP contribution in [0, 0.1) is 0 Å². The molecule has 5 heteroatoms. The molecule has 1 aromatic carbocycles. The van der Waals surface area contributed by atoms with Crippen molar-refractivity contribution in [2.24, 2.45) is 0 Å². The fourth-order valence-electron chi connectivity index (χ4n) is 1.05. The zero-order valence-corrected chi connectivity index (χ0v) is 8.48. The van der Waals surface area contributed by atoms with E-state index in [0.29, 0.717) is 22.3 Å². The Morgan fingerprint density at radius 3 is 2.80 bits per heavy atom. The molecule has 76 valence electrons. The maximum atomic E-state index is 5.93. The minimum absolute atomic E-state index is 0.393. The van der Waals surface area contributed by atoms with Crippen LogP contribution in [0.5, 0.6) is 11.6 Å². The number of nitrogens with two attached hydrogens (primary N) is 1. The topological polar surface area (TPSA) is 61.0 Å². The molecule has 0 aliphatic rings. The van der Waals surface area contributed by atoms with Crippen molar-refractivity contribution in [3.8, 4) is 11.6 Å². The Morgan fingerprint density at radius 1 is 1.27 bits per heavy atom. The van der Waals surface area contributed by atoms with Gasteiger partial charge in [0.25, 0.3) is 0 Å². The lowest BCUT2D eigenvalue weighted by atomic mass is 10.3. The largest absolute Gasteiger partial charge is 0.436 e. The number of anilines is 1. The SMILES string of the molecule is Nc1ccc(Oc2cccnn2)c(Cl)c1. The highest BCUT2D eigenvalue weighted by Gasteiger charge is 2.03. The van der Waals surface area contributed by atoms with Crippen LogP contribution < -0.4 is 10.5 Å². The van der Waals surface area contributed by atoms with Crippen molar-refractivity contribution in [1.29, 1.82) is 0 Å². The molecular weight excluding hydrogens is 214 g/mol. The van der Waals surface area contributed by atoms with Crippen molar-refractivity contribution < 1.29 is 4.74 Å². The van der Waals surface area contributed by atoms with E-state index < -0.39 is 0 Å². The van der Waals surface area contributed by atoms with Gasteiger partial charge in [0.15, 0.2) is 0 Å². The van der Waals surface area contributed by atoms with Gasteiger partial charge in [-0.3, -0.25) is 0 Å². The first-order valence-electron chi connectivity index (χ1n) is 4.26. The molecule has 0 amide bonds. The number of hydrogen-bond donors (Lipinski definition) is 1. The third-order valence-electron chi connectivity index (χ3n) is 1.72. The van der Waals surface area contributed by atoms with E-state index in [9.17, 15) is 0 Å². The molecule has 0 spiro atoms. The van der Waals surface area contributed by atoms with E-state index in [1.54, 1.807) is 36.5 Å². The van der Waals surface area contributed by atoms with Gasteiger partial charge in [0.1, 0.15) is 5.75 Å². The highest BCUT2D eigenvalue weighted by Crippen LogP contribution is 2.29. The Bertz CT molecular complexity index is 461. The third-order valence-corrected chi connectivity index (χ3v) is 2.01. The van der Waals surface area contributed by atoms with Crippen LogP contribution in [-0.2, 0) is 0 Å². The number of ether oxygens (including phenoxy) is 1. The predicted octanol–water partition coefficient (Wildman–Crippen LogP) is 2.50. The van der Waals surface area contributed by atoms with E-state index in [2.05, 4.69) is 10.2 Å². The van der Waals surface area contributed by atoms with E-state index in [4.69, 9.17) is 22.1 Å². The van der Waals surface area contributed by atoms with Crippen LogP contribution in [0.3, 0.4) is 0 Å². The van der Waals surface area contributed by atoms with Crippen molar-refractivity contribution in [2.75, 3.05) is 5.73 Å². The predicted molar refractivity (Wildman–Crippen MR) is 58.0 cm³/mol. The monoisotopic (exact) mass is 221 g/mol. The van der Waals surface area contributed by atoms with Gasteiger partial charge < -0.3 is 10.5 Å². The number of halogens is 1. The number of aromatic nitrogens is 2. The van der Waals surface area contributed by atoms with E-state index in [1.165, 1.54) is 0 Å². The molecule has 0 saturated heterocycles. The Hall–Kier alpha value is -1.81. The Balaban J connectivity index is 2.25. The summed E-state index contributed by atoms with van der Waals surface area (Å²) in [4.78, 5) is 0. The molecule has 0 fully saturated rings. The lowest BCUT2D eigenvalue weighted by molar-refractivity contribution is 0.455. The lowest BCUT2D eigenvalue weighted by Crippen LogP contribution is -1.91. The molecule has 15 heavy (non-hydrogen) atoms. The van der Waals surface area contributed by atoms with Gasteiger partial charge in [-0.2, -0.15) is 5.10 Å². The van der Waals surface area contributed by atoms with Gasteiger partial charge in [0.2, 0.25) is 5.88 Å². The molecule has 2 N–H and O–H groups in total. The van der Waals surface area contributed by atoms with Gasteiger partial charge in [-0.25, -0.2) is 0 Å². The molecule has 0 aliphatic carbocycles. The highest BCUT2D eigenvalue weighted by atomic mass is 35.5. The Kier molecular flexibility index (Phi) is 2.69. The first-order chi connectivity index (χ1) is 7.25. The molecule has 4 nitrogen and oxygen atoms in total. The summed E-state index contributed by atoms with van der Waals surface area (Å²) < 4.78 is 5.40. The molecule has 0 aliphatic heterocycles. The van der Waals surface area contributed by atoms with Crippen LogP contribution in [0.2, 0.25) is 5.02 Å². The zero-order valence-electron chi connectivity index (χ0n) is 7.72. The molecule has 1 aromatic heterocycles. The fourth-order valence-corrected chi connectivity index (χ4v) is 1.28. The quantitative estimate of drug-likeness (QED) is 0.792. The van der Waals surface area contributed by atoms with Gasteiger partial charge >= 0.3 is 0 Å². The normalized spacial score (nSPS) is 9.93. The molecule has 0 bridgehead atoms. The second kappa shape index (κ2) is 4.14. The summed E-state index contributed by atoms with van der Waals surface area (Å²) in [7, 11) is 0. The maximum absolute atomic E-state index is 5.93. The van der Waals surface area contributed by atoms with Crippen LogP contribution in [-0.4, -0.2) is 10.2 Å². The summed E-state index contributed by atoms with van der Waals surface area (Å²) in [5.41, 5.74) is 6.14. The van der Waals surface area contributed by atoms with Crippen LogP contribution in [0.1, 0.15) is 0 Å². The summed E-state index contributed by atoms with van der Waals surface area (Å²) in [5, 5.41) is 7.91. The summed E-state index contributed by atoms with van der Waals surface area (Å²) in [6, 6.07) is 8.43. The van der Waals surface area contributed by atoms with Crippen LogP contribution >= 0.6 is 11.6 Å². The number of hydrogen-bond acceptors (Lipinski definition) is 4. The molecule has 0 radical (unpaired) electrons. The molecule has 2 rings (SSSR count). The van der Waals surface area contributed by atoms with Crippen LogP contribution in [0.15, 0.2) is 36.5 Å². The van der Waals surface area contributed by atoms with Gasteiger partial charge in [-0.05, 0) is 24.3 Å². The van der Waals surface area contributed by atoms with Gasteiger partial charge in [0.05, 0.1) is 5.02 Å². The van der Waals surface area contributed by atoms with Crippen LogP contribution in [0.4, 0.5) is 5.69 Å². The van der Waals surface area contributed by atoms with Gasteiger partial charge in [-0.1, -0.05) is 11.6 Å². The average molecular weight is 222 g/mol. The number of rotatable bonds is 2. The summed E-state index contributed by atoms with van der Waals surface area (Å²) in [6.07, 6.45) is 1.57. The molecule has 1 heterocycles. The third kappa shape index (κ3) is 2.35.